The molecule has 0 aromatic heterocycles. The van der Waals surface area contributed by atoms with E-state index in [-0.39, 0.29) is 13.1 Å². The van der Waals surface area contributed by atoms with Crippen molar-refractivity contribution < 1.29 is 17.9 Å². The summed E-state index contributed by atoms with van der Waals surface area (Å²) in [6, 6.07) is 14.3. The van der Waals surface area contributed by atoms with E-state index in [1.54, 1.807) is 37.4 Å². The summed E-state index contributed by atoms with van der Waals surface area (Å²) in [7, 11) is -2.01. The summed E-state index contributed by atoms with van der Waals surface area (Å²) in [6.07, 6.45) is 1.08. The molecule has 0 saturated heterocycles. The normalized spacial score (nSPS) is 11.0. The summed E-state index contributed by atoms with van der Waals surface area (Å²) in [5.41, 5.74) is 2.29. The molecule has 6 nitrogen and oxygen atoms in total. The minimum Gasteiger partial charge on any atom is -0.496 e. The summed E-state index contributed by atoms with van der Waals surface area (Å²) < 4.78 is 30.4. The number of nitrogens with one attached hydrogen (secondary N) is 1. The molecule has 0 fully saturated rings. The van der Waals surface area contributed by atoms with Gasteiger partial charge in [-0.15, -0.1) is 0 Å². The Labute approximate surface area is 148 Å². The number of benzene rings is 2. The van der Waals surface area contributed by atoms with E-state index in [2.05, 4.69) is 5.32 Å². The van der Waals surface area contributed by atoms with Crippen molar-refractivity contribution in [1.29, 1.82) is 0 Å². The average molecular weight is 362 g/mol. The number of amides is 1. The molecule has 0 aliphatic rings. The van der Waals surface area contributed by atoms with Gasteiger partial charge in [0.25, 0.3) is 0 Å². The lowest BCUT2D eigenvalue weighted by Gasteiger charge is -2.22. The fourth-order valence-electron chi connectivity index (χ4n) is 2.34. The fraction of sp³-hybridized carbons (Fsp3) is 0.278. The minimum absolute atomic E-state index is 0.258. The van der Waals surface area contributed by atoms with Crippen LogP contribution in [0.5, 0.6) is 5.75 Å². The van der Waals surface area contributed by atoms with Crippen LogP contribution in [0.1, 0.15) is 11.1 Å². The van der Waals surface area contributed by atoms with Crippen LogP contribution in [-0.4, -0.2) is 34.2 Å². The Morgan fingerprint density at radius 3 is 2.36 bits per heavy atom. The van der Waals surface area contributed by atoms with E-state index < -0.39 is 15.9 Å². The Hall–Kier alpha value is -2.54. The van der Waals surface area contributed by atoms with E-state index in [1.807, 2.05) is 25.1 Å². The monoisotopic (exact) mass is 362 g/mol. The van der Waals surface area contributed by atoms with Crippen LogP contribution in [0.3, 0.4) is 0 Å². The number of carbonyl (C=O) groups is 1. The number of anilines is 1. The molecule has 0 unspecified atom stereocenters. The summed E-state index contributed by atoms with van der Waals surface area (Å²) in [5, 5.41) is 2.73. The number of hydrogen-bond donors (Lipinski definition) is 1. The predicted octanol–water partition coefficient (Wildman–Crippen LogP) is 2.09. The van der Waals surface area contributed by atoms with Gasteiger partial charge in [-0.2, -0.15) is 0 Å². The zero-order chi connectivity index (χ0) is 18.4. The highest BCUT2D eigenvalue weighted by atomic mass is 32.2. The van der Waals surface area contributed by atoms with E-state index in [1.165, 1.54) is 0 Å². The van der Waals surface area contributed by atoms with E-state index in [9.17, 15) is 13.2 Å². The number of para-hydroxylation sites is 1. The standard InChI is InChI=1S/C18H22N2O4S/c1-14-8-10-16(11-9-14)20(25(3,22)23)13-18(21)19-12-15-6-4-5-7-17(15)24-2/h4-11H,12-13H2,1-3H3,(H,19,21). The van der Waals surface area contributed by atoms with Crippen LogP contribution in [-0.2, 0) is 21.4 Å². The third-order valence-corrected chi connectivity index (χ3v) is 4.82. The van der Waals surface area contributed by atoms with Gasteiger partial charge in [-0.25, -0.2) is 8.42 Å². The van der Waals surface area contributed by atoms with E-state index in [4.69, 9.17) is 4.74 Å². The fourth-order valence-corrected chi connectivity index (χ4v) is 3.20. The van der Waals surface area contributed by atoms with Gasteiger partial charge in [-0.05, 0) is 25.1 Å². The summed E-state index contributed by atoms with van der Waals surface area (Å²) in [4.78, 5) is 12.3. The maximum absolute atomic E-state index is 12.3. The number of aryl methyl sites for hydroxylation is 1. The molecule has 0 radical (unpaired) electrons. The Bertz CT molecular complexity index is 832. The summed E-state index contributed by atoms with van der Waals surface area (Å²) >= 11 is 0. The summed E-state index contributed by atoms with van der Waals surface area (Å²) in [5.74, 6) is 0.276. The van der Waals surface area contributed by atoms with Crippen molar-refractivity contribution in [2.75, 3.05) is 24.2 Å². The molecule has 2 aromatic rings. The van der Waals surface area contributed by atoms with Gasteiger partial charge in [-0.3, -0.25) is 9.10 Å². The zero-order valence-electron chi connectivity index (χ0n) is 14.5. The largest absolute Gasteiger partial charge is 0.496 e. The molecular formula is C18H22N2O4S. The Morgan fingerprint density at radius 1 is 1.12 bits per heavy atom. The van der Waals surface area contributed by atoms with Gasteiger partial charge in [0.1, 0.15) is 12.3 Å². The molecule has 0 heterocycles. The van der Waals surface area contributed by atoms with Crippen LogP contribution in [0.25, 0.3) is 0 Å². The molecule has 0 aliphatic carbocycles. The number of rotatable bonds is 7. The van der Waals surface area contributed by atoms with Crippen molar-refractivity contribution in [3.05, 3.63) is 59.7 Å². The molecule has 0 saturated carbocycles. The highest BCUT2D eigenvalue weighted by molar-refractivity contribution is 7.92. The van der Waals surface area contributed by atoms with Gasteiger partial charge < -0.3 is 10.1 Å². The minimum atomic E-state index is -3.57. The van der Waals surface area contributed by atoms with Gasteiger partial charge in [0, 0.05) is 12.1 Å². The van der Waals surface area contributed by atoms with Crippen molar-refractivity contribution in [1.82, 2.24) is 5.32 Å². The van der Waals surface area contributed by atoms with E-state index >= 15 is 0 Å². The quantitative estimate of drug-likeness (QED) is 0.818. The number of ether oxygens (including phenoxy) is 1. The SMILES string of the molecule is COc1ccccc1CNC(=O)CN(c1ccc(C)cc1)S(C)(=O)=O. The number of hydrogen-bond acceptors (Lipinski definition) is 4. The first-order chi connectivity index (χ1) is 11.8. The van der Waals surface area contributed by atoms with Gasteiger partial charge in [0.15, 0.2) is 0 Å². The van der Waals surface area contributed by atoms with Crippen molar-refractivity contribution in [3.8, 4) is 5.75 Å². The van der Waals surface area contributed by atoms with Gasteiger partial charge in [0.05, 0.1) is 19.1 Å². The van der Waals surface area contributed by atoms with Crippen LogP contribution in [0.15, 0.2) is 48.5 Å². The lowest BCUT2D eigenvalue weighted by Crippen LogP contribution is -2.40. The predicted molar refractivity (Wildman–Crippen MR) is 98.2 cm³/mol. The molecule has 0 aliphatic heterocycles. The van der Waals surface area contributed by atoms with Gasteiger partial charge >= 0.3 is 0 Å². The zero-order valence-corrected chi connectivity index (χ0v) is 15.3. The first kappa shape index (κ1) is 18.8. The molecule has 25 heavy (non-hydrogen) atoms. The van der Waals surface area contributed by atoms with Crippen LogP contribution in [0, 0.1) is 6.92 Å². The van der Waals surface area contributed by atoms with Crippen molar-refractivity contribution in [2.45, 2.75) is 13.5 Å². The second-order valence-corrected chi connectivity index (χ2v) is 7.60. The number of sulfonamides is 1. The lowest BCUT2D eigenvalue weighted by atomic mass is 10.2. The first-order valence-electron chi connectivity index (χ1n) is 7.74. The van der Waals surface area contributed by atoms with Crippen molar-refractivity contribution in [3.63, 3.8) is 0 Å². The van der Waals surface area contributed by atoms with Crippen molar-refractivity contribution >= 4 is 21.6 Å². The van der Waals surface area contributed by atoms with Gasteiger partial charge in [0.2, 0.25) is 15.9 Å². The van der Waals surface area contributed by atoms with E-state index in [0.717, 1.165) is 21.7 Å². The second kappa shape index (κ2) is 8.02. The smallest absolute Gasteiger partial charge is 0.241 e. The van der Waals surface area contributed by atoms with Crippen LogP contribution >= 0.6 is 0 Å². The molecule has 2 aromatic carbocycles. The number of nitrogens with zero attached hydrogens (tertiary/aromatic N) is 1. The van der Waals surface area contributed by atoms with Crippen LogP contribution in [0.4, 0.5) is 5.69 Å². The maximum Gasteiger partial charge on any atom is 0.241 e. The Morgan fingerprint density at radius 2 is 1.76 bits per heavy atom. The average Bonchev–Trinajstić information content (AvgIpc) is 2.58. The lowest BCUT2D eigenvalue weighted by molar-refractivity contribution is -0.119. The number of methoxy groups -OCH3 is 1. The third-order valence-electron chi connectivity index (χ3n) is 3.68. The van der Waals surface area contributed by atoms with Crippen LogP contribution in [0.2, 0.25) is 0 Å². The third kappa shape index (κ3) is 5.22. The molecular weight excluding hydrogens is 340 g/mol. The molecule has 1 N–H and O–H groups in total. The Balaban J connectivity index is 2.08. The first-order valence-corrected chi connectivity index (χ1v) is 9.59. The molecule has 2 rings (SSSR count). The highest BCUT2D eigenvalue weighted by Gasteiger charge is 2.20. The molecule has 7 heteroatoms. The molecule has 0 spiro atoms. The Kier molecular flexibility index (Phi) is 6.03. The van der Waals surface area contributed by atoms with Crippen molar-refractivity contribution in [2.24, 2.45) is 0 Å². The van der Waals surface area contributed by atoms with Gasteiger partial charge in [-0.1, -0.05) is 35.9 Å². The molecule has 1 amide bonds. The summed E-state index contributed by atoms with van der Waals surface area (Å²) in [6.45, 7) is 1.89. The second-order valence-electron chi connectivity index (χ2n) is 5.69. The molecule has 0 atom stereocenters. The maximum atomic E-state index is 12.3. The number of carbonyl (C=O) groups excluding carboxylic acids is 1. The van der Waals surface area contributed by atoms with E-state index in [0.29, 0.717) is 11.4 Å². The topological polar surface area (TPSA) is 75.7 Å². The molecule has 134 valence electrons. The molecule has 0 bridgehead atoms. The van der Waals surface area contributed by atoms with Crippen LogP contribution < -0.4 is 14.4 Å². The highest BCUT2D eigenvalue weighted by Crippen LogP contribution is 2.19.